The molecular formula is C25H25NO7. The fraction of sp³-hybridized carbons (Fsp3) is 0.280. The van der Waals surface area contributed by atoms with Gasteiger partial charge in [-0.05, 0) is 35.6 Å². The van der Waals surface area contributed by atoms with Crippen LogP contribution < -0.4 is 9.47 Å². The van der Waals surface area contributed by atoms with E-state index in [1.165, 1.54) is 28.4 Å². The first-order chi connectivity index (χ1) is 16.0. The summed E-state index contributed by atoms with van der Waals surface area (Å²) in [4.78, 5) is 12.6. The molecule has 172 valence electrons. The molecule has 0 N–H and O–H groups in total. The molecule has 0 aliphatic carbocycles. The van der Waals surface area contributed by atoms with E-state index in [2.05, 4.69) is 11.1 Å². The molecule has 0 spiro atoms. The normalized spacial score (nSPS) is 10.6. The Bertz CT molecular complexity index is 1210. The minimum absolute atomic E-state index is 0.205. The summed E-state index contributed by atoms with van der Waals surface area (Å²) < 4.78 is 27.5. The second-order valence-electron chi connectivity index (χ2n) is 7.12. The molecule has 0 unspecified atom stereocenters. The minimum atomic E-state index is -0.815. The number of methoxy groups -OCH3 is 4. The Morgan fingerprint density at radius 2 is 1.79 bits per heavy atom. The quantitative estimate of drug-likeness (QED) is 0.271. The molecular weight excluding hydrogens is 426 g/mol. The highest BCUT2D eigenvalue weighted by molar-refractivity contribution is 6.04. The average molecular weight is 451 g/mol. The van der Waals surface area contributed by atoms with E-state index in [9.17, 15) is 10.0 Å². The van der Waals surface area contributed by atoms with Crippen LogP contribution in [0.1, 0.15) is 38.9 Å². The van der Waals surface area contributed by atoms with E-state index in [1.807, 2.05) is 30.3 Å². The average Bonchev–Trinajstić information content (AvgIpc) is 2.84. The van der Waals surface area contributed by atoms with Gasteiger partial charge in [-0.3, -0.25) is 0 Å². The molecule has 0 bridgehead atoms. The van der Waals surface area contributed by atoms with Crippen molar-refractivity contribution in [1.82, 2.24) is 0 Å². The van der Waals surface area contributed by atoms with E-state index >= 15 is 0 Å². The van der Waals surface area contributed by atoms with Crippen LogP contribution in [-0.2, 0) is 20.8 Å². The zero-order valence-electron chi connectivity index (χ0n) is 19.1. The molecule has 8 heteroatoms. The van der Waals surface area contributed by atoms with Crippen molar-refractivity contribution in [2.24, 2.45) is 0 Å². The minimum Gasteiger partial charge on any atom is -0.498 e. The summed E-state index contributed by atoms with van der Waals surface area (Å²) in [6.45, 7) is 1.96. The third-order valence-electron chi connectivity index (χ3n) is 5.30. The van der Waals surface area contributed by atoms with E-state index in [4.69, 9.17) is 23.7 Å². The summed E-state index contributed by atoms with van der Waals surface area (Å²) in [6, 6.07) is 15.5. The molecule has 0 saturated heterocycles. The van der Waals surface area contributed by atoms with Gasteiger partial charge in [0.15, 0.2) is 17.6 Å². The molecule has 3 aromatic carbocycles. The lowest BCUT2D eigenvalue weighted by atomic mass is 9.93. The Labute approximate surface area is 192 Å². The van der Waals surface area contributed by atoms with Gasteiger partial charge in [0.2, 0.25) is 0 Å². The third kappa shape index (κ3) is 4.70. The van der Waals surface area contributed by atoms with Crippen molar-refractivity contribution in [3.63, 3.8) is 0 Å². The monoisotopic (exact) mass is 451 g/mol. The van der Waals surface area contributed by atoms with Gasteiger partial charge in [-0.2, -0.15) is 0 Å². The van der Waals surface area contributed by atoms with Gasteiger partial charge in [-0.15, -0.1) is 0 Å². The molecule has 0 aliphatic heterocycles. The number of benzene rings is 3. The first-order valence-electron chi connectivity index (χ1n) is 10.1. The summed E-state index contributed by atoms with van der Waals surface area (Å²) in [5, 5.41) is 15.4. The molecule has 0 amide bonds. The van der Waals surface area contributed by atoms with Crippen LogP contribution in [0.3, 0.4) is 0 Å². The fourth-order valence-corrected chi connectivity index (χ4v) is 3.81. The Morgan fingerprint density at radius 3 is 2.36 bits per heavy atom. The molecule has 0 heterocycles. The summed E-state index contributed by atoms with van der Waals surface area (Å²) in [5.41, 5.74) is 2.49. The molecule has 0 aromatic heterocycles. The fourth-order valence-electron chi connectivity index (χ4n) is 3.81. The predicted molar refractivity (Wildman–Crippen MR) is 124 cm³/mol. The lowest BCUT2D eigenvalue weighted by molar-refractivity contribution is -0.106. The van der Waals surface area contributed by atoms with Gasteiger partial charge in [0, 0.05) is 30.2 Å². The largest absolute Gasteiger partial charge is 0.498 e. The van der Waals surface area contributed by atoms with Gasteiger partial charge >= 0.3 is 12.0 Å². The van der Waals surface area contributed by atoms with Gasteiger partial charge in [-0.25, -0.2) is 4.79 Å². The van der Waals surface area contributed by atoms with Gasteiger partial charge in [0.05, 0.1) is 14.2 Å². The lowest BCUT2D eigenvalue weighted by Gasteiger charge is -2.21. The maximum atomic E-state index is 12.6. The van der Waals surface area contributed by atoms with E-state index in [0.717, 1.165) is 5.56 Å². The molecule has 3 rings (SSSR count). The number of fused-ring (bicyclic) bond motifs is 1. The van der Waals surface area contributed by atoms with Crippen molar-refractivity contribution in [3.05, 3.63) is 80.5 Å². The number of hydrogen-bond donors (Lipinski definition) is 0. The zero-order valence-corrected chi connectivity index (χ0v) is 19.1. The number of esters is 1. The number of carbonyl (C=O) groups excluding carboxylic acids is 1. The van der Waals surface area contributed by atoms with Crippen LogP contribution in [0.2, 0.25) is 0 Å². The Balaban J connectivity index is 2.39. The van der Waals surface area contributed by atoms with Crippen molar-refractivity contribution >= 4 is 16.7 Å². The molecule has 0 saturated carbocycles. The molecule has 8 nitrogen and oxygen atoms in total. The Kier molecular flexibility index (Phi) is 7.72. The highest BCUT2D eigenvalue weighted by atomic mass is 16.7. The smallest absolute Gasteiger partial charge is 0.341 e. The Morgan fingerprint density at radius 1 is 1.09 bits per heavy atom. The summed E-state index contributed by atoms with van der Waals surface area (Å²) in [7, 11) is 5.73. The summed E-state index contributed by atoms with van der Waals surface area (Å²) in [5.74, 6) is 0.0989. The SMILES string of the molecule is COC(=O)c1c(OC)cc2cc(C(OC)OC)c(C#[N+][O-])c(OCc3ccccc3)c2c1C. The van der Waals surface area contributed by atoms with Crippen LogP contribution in [0.25, 0.3) is 15.8 Å². The van der Waals surface area contributed by atoms with Gasteiger partial charge in [0.1, 0.15) is 17.9 Å². The maximum absolute atomic E-state index is 12.6. The summed E-state index contributed by atoms with van der Waals surface area (Å²) in [6.07, 6.45) is -0.815. The first-order valence-corrected chi connectivity index (χ1v) is 10.1. The van der Waals surface area contributed by atoms with Crippen LogP contribution in [0.15, 0.2) is 42.5 Å². The number of aryl methyl sites for hydroxylation is 1. The van der Waals surface area contributed by atoms with Crippen LogP contribution in [-0.4, -0.2) is 34.4 Å². The molecule has 3 aromatic rings. The lowest BCUT2D eigenvalue weighted by Crippen LogP contribution is -2.11. The molecule has 0 fully saturated rings. The van der Waals surface area contributed by atoms with Crippen molar-refractivity contribution in [1.29, 1.82) is 0 Å². The first kappa shape index (κ1) is 23.9. The predicted octanol–water partition coefficient (Wildman–Crippen LogP) is 4.99. The van der Waals surface area contributed by atoms with Crippen molar-refractivity contribution in [2.45, 2.75) is 19.8 Å². The molecule has 0 radical (unpaired) electrons. The molecule has 0 atom stereocenters. The summed E-state index contributed by atoms with van der Waals surface area (Å²) >= 11 is 0. The van der Waals surface area contributed by atoms with Gasteiger partial charge in [-0.1, -0.05) is 30.3 Å². The van der Waals surface area contributed by atoms with Crippen LogP contribution >= 0.6 is 0 Å². The standard InChI is InChI=1S/C25H25NO7/c1-15-21-17(12-20(29-2)22(15)24(27)30-3)11-18(25(31-4)32-5)19(13-26-28)23(21)33-14-16-9-7-6-8-10-16/h6-12,25H,14H2,1-5H3. The van der Waals surface area contributed by atoms with E-state index in [-0.39, 0.29) is 17.7 Å². The van der Waals surface area contributed by atoms with Crippen molar-refractivity contribution in [2.75, 3.05) is 28.4 Å². The second-order valence-corrected chi connectivity index (χ2v) is 7.12. The number of ether oxygens (including phenoxy) is 5. The van der Waals surface area contributed by atoms with E-state index < -0.39 is 12.3 Å². The van der Waals surface area contributed by atoms with E-state index in [0.29, 0.717) is 33.4 Å². The molecule has 33 heavy (non-hydrogen) atoms. The molecule has 0 aliphatic rings. The van der Waals surface area contributed by atoms with Crippen molar-refractivity contribution in [3.8, 4) is 17.6 Å². The highest BCUT2D eigenvalue weighted by Gasteiger charge is 2.28. The zero-order chi connectivity index (χ0) is 24.0. The number of nitrogens with zero attached hydrogens (tertiary/aromatic N) is 1. The Hall–Kier alpha value is -3.80. The number of rotatable bonds is 8. The highest BCUT2D eigenvalue weighted by Crippen LogP contribution is 2.42. The topological polar surface area (TPSA) is 90.6 Å². The number of hydrogen-bond acceptors (Lipinski definition) is 7. The van der Waals surface area contributed by atoms with Crippen molar-refractivity contribution < 1.29 is 28.5 Å². The maximum Gasteiger partial charge on any atom is 0.341 e. The van der Waals surface area contributed by atoms with Crippen LogP contribution in [0, 0.1) is 18.2 Å². The number of carbonyl (C=O) groups is 1. The van der Waals surface area contributed by atoms with Crippen LogP contribution in [0.5, 0.6) is 11.5 Å². The van der Waals surface area contributed by atoms with Gasteiger partial charge < -0.3 is 28.9 Å². The van der Waals surface area contributed by atoms with Crippen LogP contribution in [0.4, 0.5) is 0 Å². The van der Waals surface area contributed by atoms with E-state index in [1.54, 1.807) is 19.1 Å². The third-order valence-corrected chi connectivity index (χ3v) is 5.30. The van der Waals surface area contributed by atoms with Gasteiger partial charge in [0.25, 0.3) is 0 Å². The second kappa shape index (κ2) is 10.7.